The number of nitrogens with two attached hydrogens (primary N) is 3. The predicted molar refractivity (Wildman–Crippen MR) is 165 cm³/mol. The average molecular weight is 566 g/mol. The number of benzene rings is 2. The van der Waals surface area contributed by atoms with Gasteiger partial charge in [-0.25, -0.2) is 0 Å². The highest BCUT2D eigenvalue weighted by atomic mass is 16.2. The molecule has 0 unspecified atom stereocenters. The number of nitrogens with one attached hydrogen (secondary N) is 3. The number of guanidine groups is 1. The van der Waals surface area contributed by atoms with Gasteiger partial charge in [0.2, 0.25) is 17.7 Å². The van der Waals surface area contributed by atoms with Gasteiger partial charge < -0.3 is 33.2 Å². The summed E-state index contributed by atoms with van der Waals surface area (Å²) in [5.74, 6) is -0.802. The second-order valence-corrected chi connectivity index (χ2v) is 10.2. The molecule has 0 saturated carbocycles. The summed E-state index contributed by atoms with van der Waals surface area (Å²) in [6.45, 7) is 3.47. The molecule has 224 valence electrons. The van der Waals surface area contributed by atoms with Gasteiger partial charge in [0.15, 0.2) is 5.96 Å². The molecule has 0 fully saturated rings. The minimum atomic E-state index is -0.726. The zero-order chi connectivity index (χ0) is 29.9. The molecule has 0 heterocycles. The SMILES string of the molecule is CCCC[C@H](NC(=O)Cc1ccc(-c2ccccc2)cc1)C(=O)N[C@@H](CCCCN)C(=O)NCCCCN=C(N)N. The first kappa shape index (κ1) is 33.3. The van der Waals surface area contributed by atoms with Crippen LogP contribution in [0.3, 0.4) is 0 Å². The van der Waals surface area contributed by atoms with Crippen LogP contribution >= 0.6 is 0 Å². The topological polar surface area (TPSA) is 178 Å². The van der Waals surface area contributed by atoms with Gasteiger partial charge in [-0.1, -0.05) is 74.4 Å². The number of nitrogens with zero attached hydrogens (tertiary/aromatic N) is 1. The monoisotopic (exact) mass is 565 g/mol. The lowest BCUT2D eigenvalue weighted by atomic mass is 10.0. The first-order chi connectivity index (χ1) is 19.8. The zero-order valence-corrected chi connectivity index (χ0v) is 24.2. The largest absolute Gasteiger partial charge is 0.370 e. The van der Waals surface area contributed by atoms with Crippen molar-refractivity contribution in [3.8, 4) is 11.1 Å². The van der Waals surface area contributed by atoms with E-state index in [2.05, 4.69) is 20.9 Å². The minimum absolute atomic E-state index is 0.0439. The quantitative estimate of drug-likeness (QED) is 0.0865. The molecule has 3 amide bonds. The fraction of sp³-hybridized carbons (Fsp3) is 0.484. The van der Waals surface area contributed by atoms with Gasteiger partial charge >= 0.3 is 0 Å². The van der Waals surface area contributed by atoms with E-state index >= 15 is 0 Å². The standard InChI is InChI=1S/C31H47N7O3/c1-2-3-13-27(37-28(39)22-23-15-17-25(18-16-23)24-11-5-4-6-12-24)30(41)38-26(14-7-8-19-32)29(40)35-20-9-10-21-36-31(33)34/h4-6,11-12,15-18,26-27H,2-3,7-10,13-14,19-22,32H2,1H3,(H,35,40)(H,37,39)(H,38,41)(H4,33,34,36)/t26-,27-/m0/s1. The molecule has 0 aromatic heterocycles. The molecule has 0 radical (unpaired) electrons. The molecule has 10 nitrogen and oxygen atoms in total. The van der Waals surface area contributed by atoms with Crippen molar-refractivity contribution in [2.24, 2.45) is 22.2 Å². The molecule has 2 atom stereocenters. The van der Waals surface area contributed by atoms with E-state index in [4.69, 9.17) is 17.2 Å². The minimum Gasteiger partial charge on any atom is -0.370 e. The third-order valence-corrected chi connectivity index (χ3v) is 6.68. The third kappa shape index (κ3) is 13.3. The number of hydrogen-bond donors (Lipinski definition) is 6. The van der Waals surface area contributed by atoms with Crippen LogP contribution in [-0.4, -0.2) is 55.4 Å². The van der Waals surface area contributed by atoms with Crippen LogP contribution in [0, 0.1) is 0 Å². The number of rotatable bonds is 19. The molecule has 0 aliphatic rings. The molecule has 0 spiro atoms. The summed E-state index contributed by atoms with van der Waals surface area (Å²) in [5.41, 5.74) is 19.3. The van der Waals surface area contributed by atoms with Gasteiger partial charge in [0, 0.05) is 13.1 Å². The first-order valence-corrected chi connectivity index (χ1v) is 14.6. The van der Waals surface area contributed by atoms with E-state index in [0.717, 1.165) is 42.4 Å². The van der Waals surface area contributed by atoms with Crippen molar-refractivity contribution in [3.05, 3.63) is 60.2 Å². The van der Waals surface area contributed by atoms with Crippen molar-refractivity contribution in [2.45, 2.75) is 76.8 Å². The second-order valence-electron chi connectivity index (χ2n) is 10.2. The lowest BCUT2D eigenvalue weighted by Gasteiger charge is -2.23. The van der Waals surface area contributed by atoms with Crippen LogP contribution in [0.2, 0.25) is 0 Å². The highest BCUT2D eigenvalue weighted by molar-refractivity contribution is 5.92. The van der Waals surface area contributed by atoms with E-state index in [1.807, 2.05) is 61.5 Å². The second kappa shape index (κ2) is 19.2. The van der Waals surface area contributed by atoms with Gasteiger partial charge in [0.1, 0.15) is 12.1 Å². The maximum absolute atomic E-state index is 13.3. The van der Waals surface area contributed by atoms with Gasteiger partial charge in [0.25, 0.3) is 0 Å². The van der Waals surface area contributed by atoms with Crippen molar-refractivity contribution >= 4 is 23.7 Å². The number of aliphatic imine (C=N–C) groups is 1. The van der Waals surface area contributed by atoms with Crippen molar-refractivity contribution in [3.63, 3.8) is 0 Å². The van der Waals surface area contributed by atoms with Crippen LogP contribution < -0.4 is 33.2 Å². The van der Waals surface area contributed by atoms with Crippen LogP contribution in [0.4, 0.5) is 0 Å². The summed E-state index contributed by atoms with van der Waals surface area (Å²) in [6.07, 6.45) is 5.63. The van der Waals surface area contributed by atoms with E-state index in [1.165, 1.54) is 0 Å². The highest BCUT2D eigenvalue weighted by Gasteiger charge is 2.26. The summed E-state index contributed by atoms with van der Waals surface area (Å²) in [4.78, 5) is 43.1. The lowest BCUT2D eigenvalue weighted by Crippen LogP contribution is -2.54. The highest BCUT2D eigenvalue weighted by Crippen LogP contribution is 2.19. The number of carbonyl (C=O) groups excluding carboxylic acids is 3. The van der Waals surface area contributed by atoms with Crippen LogP contribution in [0.1, 0.15) is 63.9 Å². The Morgan fingerprint density at radius 1 is 0.780 bits per heavy atom. The molecule has 0 aliphatic carbocycles. The Hall–Kier alpha value is -3.92. The van der Waals surface area contributed by atoms with E-state index < -0.39 is 12.1 Å². The molecule has 41 heavy (non-hydrogen) atoms. The average Bonchev–Trinajstić information content (AvgIpc) is 2.97. The summed E-state index contributed by atoms with van der Waals surface area (Å²) >= 11 is 0. The van der Waals surface area contributed by atoms with Gasteiger partial charge in [0.05, 0.1) is 6.42 Å². The number of carbonyl (C=O) groups is 3. The van der Waals surface area contributed by atoms with Crippen molar-refractivity contribution in [1.82, 2.24) is 16.0 Å². The lowest BCUT2D eigenvalue weighted by molar-refractivity contribution is -0.132. The van der Waals surface area contributed by atoms with Gasteiger partial charge in [-0.3, -0.25) is 19.4 Å². The third-order valence-electron chi connectivity index (χ3n) is 6.68. The Morgan fingerprint density at radius 3 is 2.10 bits per heavy atom. The van der Waals surface area contributed by atoms with Crippen LogP contribution in [0.25, 0.3) is 11.1 Å². The maximum atomic E-state index is 13.3. The van der Waals surface area contributed by atoms with Crippen molar-refractivity contribution in [1.29, 1.82) is 0 Å². The molecule has 9 N–H and O–H groups in total. The van der Waals surface area contributed by atoms with Gasteiger partial charge in [-0.2, -0.15) is 0 Å². The van der Waals surface area contributed by atoms with E-state index in [-0.39, 0.29) is 30.1 Å². The number of hydrogen-bond acceptors (Lipinski definition) is 5. The molecule has 2 rings (SSSR count). The predicted octanol–water partition coefficient (Wildman–Crippen LogP) is 2.35. The number of amides is 3. The number of unbranched alkanes of at least 4 members (excludes halogenated alkanes) is 3. The molecular formula is C31H47N7O3. The molecule has 10 heteroatoms. The fourth-order valence-electron chi connectivity index (χ4n) is 4.37. The van der Waals surface area contributed by atoms with E-state index in [9.17, 15) is 14.4 Å². The van der Waals surface area contributed by atoms with Crippen LogP contribution in [0.15, 0.2) is 59.6 Å². The normalized spacial score (nSPS) is 12.1. The first-order valence-electron chi connectivity index (χ1n) is 14.6. The van der Waals surface area contributed by atoms with Gasteiger partial charge in [-0.15, -0.1) is 0 Å². The Kier molecular flexibility index (Phi) is 15.6. The Morgan fingerprint density at radius 2 is 1.44 bits per heavy atom. The maximum Gasteiger partial charge on any atom is 0.243 e. The smallest absolute Gasteiger partial charge is 0.243 e. The van der Waals surface area contributed by atoms with E-state index in [0.29, 0.717) is 45.3 Å². The molecule has 0 aliphatic heterocycles. The molecule has 2 aromatic carbocycles. The Bertz CT molecular complexity index is 1090. The molecule has 2 aromatic rings. The van der Waals surface area contributed by atoms with Crippen molar-refractivity contribution < 1.29 is 14.4 Å². The Balaban J connectivity index is 1.97. The van der Waals surface area contributed by atoms with Gasteiger partial charge in [-0.05, 0) is 61.8 Å². The summed E-state index contributed by atoms with van der Waals surface area (Å²) in [5, 5.41) is 8.67. The molecular weight excluding hydrogens is 518 g/mol. The van der Waals surface area contributed by atoms with Crippen molar-refractivity contribution in [2.75, 3.05) is 19.6 Å². The Labute approximate surface area is 243 Å². The van der Waals surface area contributed by atoms with Crippen LogP contribution in [-0.2, 0) is 20.8 Å². The molecule has 0 bridgehead atoms. The molecule has 0 saturated heterocycles. The summed E-state index contributed by atoms with van der Waals surface area (Å²) in [6, 6.07) is 16.4. The summed E-state index contributed by atoms with van der Waals surface area (Å²) < 4.78 is 0. The van der Waals surface area contributed by atoms with E-state index in [1.54, 1.807) is 0 Å². The summed E-state index contributed by atoms with van der Waals surface area (Å²) in [7, 11) is 0. The zero-order valence-electron chi connectivity index (χ0n) is 24.2. The van der Waals surface area contributed by atoms with Crippen LogP contribution in [0.5, 0.6) is 0 Å². The fourth-order valence-corrected chi connectivity index (χ4v) is 4.37.